The van der Waals surface area contributed by atoms with E-state index in [1.807, 2.05) is 43.0 Å². The number of fused-ring (bicyclic) bond motifs is 1. The molecule has 0 spiro atoms. The number of halogens is 1. The molecule has 0 unspecified atom stereocenters. The summed E-state index contributed by atoms with van der Waals surface area (Å²) in [5, 5.41) is 0. The number of rotatable bonds is 9. The molecular weight excluding hydrogens is 421 g/mol. The van der Waals surface area contributed by atoms with Crippen LogP contribution in [0.4, 0.5) is 4.39 Å². The average Bonchev–Trinajstić information content (AvgIpc) is 3.17. The highest BCUT2D eigenvalue weighted by molar-refractivity contribution is 6.06. The van der Waals surface area contributed by atoms with Gasteiger partial charge in [0, 0.05) is 61.6 Å². The van der Waals surface area contributed by atoms with Crippen LogP contribution in [0, 0.1) is 5.82 Å². The Bertz CT molecular complexity index is 1230. The number of ketones is 1. The highest BCUT2D eigenvalue weighted by atomic mass is 19.1. The van der Waals surface area contributed by atoms with E-state index in [1.54, 1.807) is 20.0 Å². The number of carbonyl (C=O) groups excluding carboxylic acids is 1. The summed E-state index contributed by atoms with van der Waals surface area (Å²) in [7, 11) is 5.65. The van der Waals surface area contributed by atoms with Crippen molar-refractivity contribution in [2.24, 2.45) is 10.7 Å². The van der Waals surface area contributed by atoms with Gasteiger partial charge >= 0.3 is 0 Å². The van der Waals surface area contributed by atoms with Gasteiger partial charge in [0.05, 0.1) is 24.2 Å². The first-order chi connectivity index (χ1) is 15.7. The van der Waals surface area contributed by atoms with Gasteiger partial charge in [0.25, 0.3) is 0 Å². The second kappa shape index (κ2) is 10.4. The zero-order valence-electron chi connectivity index (χ0n) is 19.7. The van der Waals surface area contributed by atoms with Crippen LogP contribution in [-0.2, 0) is 11.3 Å². The van der Waals surface area contributed by atoms with Crippen molar-refractivity contribution in [3.05, 3.63) is 65.5 Å². The summed E-state index contributed by atoms with van der Waals surface area (Å²) in [5.74, 6) is -0.201. The zero-order chi connectivity index (χ0) is 24.1. The lowest BCUT2D eigenvalue weighted by Crippen LogP contribution is -2.17. The van der Waals surface area contributed by atoms with E-state index in [4.69, 9.17) is 10.5 Å². The van der Waals surface area contributed by atoms with Gasteiger partial charge < -0.3 is 19.8 Å². The normalized spacial score (nSPS) is 12.9. The number of nitrogens with zero attached hydrogens (tertiary/aromatic N) is 4. The van der Waals surface area contributed by atoms with Gasteiger partial charge in [0.1, 0.15) is 17.2 Å². The first-order valence-corrected chi connectivity index (χ1v) is 10.7. The van der Waals surface area contributed by atoms with E-state index in [2.05, 4.69) is 14.9 Å². The second-order valence-electron chi connectivity index (χ2n) is 8.13. The molecule has 1 aromatic carbocycles. The Labute approximate surface area is 193 Å². The Morgan fingerprint density at radius 3 is 2.67 bits per heavy atom. The highest BCUT2D eigenvalue weighted by Crippen LogP contribution is 2.32. The molecule has 33 heavy (non-hydrogen) atoms. The number of hydrogen-bond acceptors (Lipinski definition) is 6. The molecule has 0 atom stereocenters. The molecule has 8 heteroatoms. The molecule has 2 aromatic heterocycles. The third-order valence-electron chi connectivity index (χ3n) is 5.40. The number of Topliss-reactive ketones (excluding diaryl/α,β-unsaturated/α-hetero) is 1. The molecule has 0 fully saturated rings. The van der Waals surface area contributed by atoms with Gasteiger partial charge in [-0.3, -0.25) is 9.79 Å². The van der Waals surface area contributed by atoms with Gasteiger partial charge in [-0.05, 0) is 45.3 Å². The van der Waals surface area contributed by atoms with Gasteiger partial charge in [-0.25, -0.2) is 9.37 Å². The third kappa shape index (κ3) is 5.64. The van der Waals surface area contributed by atoms with E-state index in [-0.39, 0.29) is 18.1 Å². The predicted molar refractivity (Wildman–Crippen MR) is 129 cm³/mol. The van der Waals surface area contributed by atoms with Crippen LogP contribution in [0.3, 0.4) is 0 Å². The van der Waals surface area contributed by atoms with Crippen LogP contribution in [-0.4, -0.2) is 53.5 Å². The molecule has 0 radical (unpaired) electrons. The molecule has 0 amide bonds. The maximum absolute atomic E-state index is 14.1. The van der Waals surface area contributed by atoms with Crippen LogP contribution in [0.25, 0.3) is 16.8 Å². The summed E-state index contributed by atoms with van der Waals surface area (Å²) >= 11 is 0. The van der Waals surface area contributed by atoms with Gasteiger partial charge in [-0.15, -0.1) is 0 Å². The second-order valence-corrected chi connectivity index (χ2v) is 8.13. The van der Waals surface area contributed by atoms with Crippen molar-refractivity contribution in [1.82, 2.24) is 14.3 Å². The van der Waals surface area contributed by atoms with Crippen LogP contribution >= 0.6 is 0 Å². The molecule has 0 aliphatic rings. The highest BCUT2D eigenvalue weighted by Gasteiger charge is 2.14. The van der Waals surface area contributed by atoms with Gasteiger partial charge in [0.15, 0.2) is 5.78 Å². The van der Waals surface area contributed by atoms with Crippen molar-refractivity contribution in [2.75, 3.05) is 27.7 Å². The monoisotopic (exact) mass is 451 g/mol. The van der Waals surface area contributed by atoms with Crippen molar-refractivity contribution >= 4 is 17.1 Å². The maximum Gasteiger partial charge on any atom is 0.175 e. The molecule has 2 N–H and O–H groups in total. The summed E-state index contributed by atoms with van der Waals surface area (Å²) in [6.45, 7) is 4.17. The number of benzene rings is 1. The number of nitrogens with two attached hydrogens (primary N) is 1. The Balaban J connectivity index is 1.91. The topological polar surface area (TPSA) is 85.2 Å². The van der Waals surface area contributed by atoms with Crippen LogP contribution in [0.15, 0.2) is 59.0 Å². The van der Waals surface area contributed by atoms with Gasteiger partial charge in [0.2, 0.25) is 0 Å². The fraction of sp³-hybridized carbons (Fsp3) is 0.320. The number of allylic oxidation sites excluding steroid dienone is 1. The van der Waals surface area contributed by atoms with Gasteiger partial charge in [-0.1, -0.05) is 0 Å². The van der Waals surface area contributed by atoms with E-state index in [0.29, 0.717) is 23.5 Å². The Hall–Kier alpha value is -3.52. The minimum atomic E-state index is -0.393. The fourth-order valence-corrected chi connectivity index (χ4v) is 3.61. The smallest absolute Gasteiger partial charge is 0.175 e. The number of hydrogen-bond donors (Lipinski definition) is 1. The largest absolute Gasteiger partial charge is 0.492 e. The Morgan fingerprint density at radius 2 is 2.00 bits per heavy atom. The van der Waals surface area contributed by atoms with Crippen LogP contribution in [0.2, 0.25) is 0 Å². The summed E-state index contributed by atoms with van der Waals surface area (Å²) in [6, 6.07) is 8.35. The minimum Gasteiger partial charge on any atom is -0.492 e. The lowest BCUT2D eigenvalue weighted by Gasteiger charge is -2.15. The van der Waals surface area contributed by atoms with Crippen molar-refractivity contribution in [3.63, 3.8) is 0 Å². The Morgan fingerprint density at radius 1 is 1.24 bits per heavy atom. The minimum absolute atomic E-state index is 0.167. The molecule has 0 saturated heterocycles. The molecule has 0 aliphatic carbocycles. The molecular formula is C25H30FN5O2. The van der Waals surface area contributed by atoms with Crippen LogP contribution in [0.5, 0.6) is 5.75 Å². The summed E-state index contributed by atoms with van der Waals surface area (Å²) in [4.78, 5) is 22.4. The maximum atomic E-state index is 14.1. The van der Waals surface area contributed by atoms with Crippen molar-refractivity contribution in [2.45, 2.75) is 26.8 Å². The molecule has 3 aromatic rings. The van der Waals surface area contributed by atoms with Crippen molar-refractivity contribution in [1.29, 1.82) is 0 Å². The molecule has 0 aliphatic heterocycles. The number of imidazole rings is 1. The molecule has 174 valence electrons. The zero-order valence-corrected chi connectivity index (χ0v) is 19.7. The fourth-order valence-electron chi connectivity index (χ4n) is 3.61. The number of pyridine rings is 1. The number of ether oxygens (including phenoxy) is 1. The number of aromatic nitrogens is 2. The summed E-state index contributed by atoms with van der Waals surface area (Å²) in [5.41, 5.74) is 11.0. The van der Waals surface area contributed by atoms with Crippen LogP contribution in [0.1, 0.15) is 26.0 Å². The first kappa shape index (κ1) is 24.1. The standard InChI is InChI=1S/C25H30FN5O2/c1-16(28-3)21(25(27)17(2)32)10-11-33-23-12-19(26)7-8-22(23)18-6-9-24-29-13-20(15-30(4)5)31(24)14-18/h6-9,12-14H,10-11,15,27H2,1-5H3/b25-21-,28-16?. The molecule has 2 heterocycles. The van der Waals surface area contributed by atoms with E-state index in [0.717, 1.165) is 29.0 Å². The third-order valence-corrected chi connectivity index (χ3v) is 5.40. The van der Waals surface area contributed by atoms with E-state index in [9.17, 15) is 9.18 Å². The molecule has 0 saturated carbocycles. The lowest BCUT2D eigenvalue weighted by molar-refractivity contribution is -0.113. The van der Waals surface area contributed by atoms with E-state index >= 15 is 0 Å². The molecule has 7 nitrogen and oxygen atoms in total. The van der Waals surface area contributed by atoms with Crippen LogP contribution < -0.4 is 10.5 Å². The van der Waals surface area contributed by atoms with Crippen molar-refractivity contribution < 1.29 is 13.9 Å². The number of aliphatic imine (C=N–C) groups is 1. The summed E-state index contributed by atoms with van der Waals surface area (Å²) in [6.07, 6.45) is 4.21. The first-order valence-electron chi connectivity index (χ1n) is 10.7. The summed E-state index contributed by atoms with van der Waals surface area (Å²) < 4.78 is 22.1. The van der Waals surface area contributed by atoms with E-state index < -0.39 is 5.82 Å². The Kier molecular flexibility index (Phi) is 7.60. The van der Waals surface area contributed by atoms with Crippen molar-refractivity contribution in [3.8, 4) is 16.9 Å². The lowest BCUT2D eigenvalue weighted by atomic mass is 10.0. The molecule has 3 rings (SSSR count). The number of carbonyl (C=O) groups is 1. The molecule has 0 bridgehead atoms. The van der Waals surface area contributed by atoms with E-state index in [1.165, 1.54) is 19.1 Å². The predicted octanol–water partition coefficient (Wildman–Crippen LogP) is 3.86. The average molecular weight is 452 g/mol. The quantitative estimate of drug-likeness (QED) is 0.394. The van der Waals surface area contributed by atoms with Gasteiger partial charge in [-0.2, -0.15) is 0 Å². The SMILES string of the molecule is CN=C(C)/C(CCOc1cc(F)ccc1-c1ccc2ncc(CN(C)C)n2c1)=C(\N)C(C)=O.